The van der Waals surface area contributed by atoms with E-state index in [1.165, 1.54) is 19.3 Å². The van der Waals surface area contributed by atoms with Crippen LogP contribution in [0.1, 0.15) is 24.8 Å². The highest BCUT2D eigenvalue weighted by Crippen LogP contribution is 2.28. The van der Waals surface area contributed by atoms with Crippen molar-refractivity contribution in [1.29, 1.82) is 0 Å². The van der Waals surface area contributed by atoms with Crippen LogP contribution in [0.2, 0.25) is 0 Å². The highest BCUT2D eigenvalue weighted by atomic mass is 32.2. The van der Waals surface area contributed by atoms with Crippen LogP contribution in [-0.4, -0.2) is 51.5 Å². The Morgan fingerprint density at radius 1 is 1.03 bits per heavy atom. The zero-order valence-corrected chi connectivity index (χ0v) is 19.6. The molecule has 0 atom stereocenters. The van der Waals surface area contributed by atoms with Crippen molar-refractivity contribution in [2.75, 3.05) is 30.8 Å². The smallest absolute Gasteiger partial charge is 0.224 e. The lowest BCUT2D eigenvalue weighted by Crippen LogP contribution is -2.30. The number of carbonyl (C=O) groups is 1. The monoisotopic (exact) mass is 460 g/mol. The number of fused-ring (bicyclic) bond motifs is 2. The van der Waals surface area contributed by atoms with Gasteiger partial charge in [-0.2, -0.15) is 5.10 Å². The van der Waals surface area contributed by atoms with Gasteiger partial charge in [-0.15, -0.1) is 0 Å². The summed E-state index contributed by atoms with van der Waals surface area (Å²) in [6, 6.07) is 14.3. The molecule has 1 fully saturated rings. The average Bonchev–Trinajstić information content (AvgIpc) is 3.27. The third-order valence-electron chi connectivity index (χ3n) is 6.17. The zero-order chi connectivity index (χ0) is 22.6. The highest BCUT2D eigenvalue weighted by molar-refractivity contribution is 7.98. The Labute approximate surface area is 197 Å². The Morgan fingerprint density at radius 3 is 2.70 bits per heavy atom. The van der Waals surface area contributed by atoms with Crippen molar-refractivity contribution < 1.29 is 4.79 Å². The molecule has 1 saturated heterocycles. The number of nitrogens with zero attached hydrogens (tertiary/aromatic N) is 5. The number of nitrogens with one attached hydrogen (secondary N) is 1. The molecule has 0 spiro atoms. The summed E-state index contributed by atoms with van der Waals surface area (Å²) in [5, 5.41) is 11.6. The molecule has 0 aliphatic carbocycles. The second-order valence-electron chi connectivity index (χ2n) is 8.35. The van der Waals surface area contributed by atoms with E-state index >= 15 is 0 Å². The summed E-state index contributed by atoms with van der Waals surface area (Å²) in [4.78, 5) is 24.5. The maximum Gasteiger partial charge on any atom is 0.224 e. The topological polar surface area (TPSA) is 75.9 Å². The van der Waals surface area contributed by atoms with Crippen LogP contribution < -0.4 is 10.2 Å². The van der Waals surface area contributed by atoms with Crippen molar-refractivity contribution in [2.24, 2.45) is 0 Å². The van der Waals surface area contributed by atoms with Crippen molar-refractivity contribution in [3.63, 3.8) is 0 Å². The van der Waals surface area contributed by atoms with E-state index in [9.17, 15) is 4.79 Å². The Hall–Kier alpha value is -3.13. The van der Waals surface area contributed by atoms with E-state index in [1.54, 1.807) is 11.8 Å². The molecule has 1 aliphatic rings. The molecule has 33 heavy (non-hydrogen) atoms. The molecule has 4 aromatic rings. The number of anilines is 1. The molecule has 5 rings (SSSR count). The SMILES string of the molecule is CSc1nc(N2CCCCC2)c2cnn(CCNC(=O)Cc3cccc4ccccc34)c2n1. The van der Waals surface area contributed by atoms with E-state index in [0.29, 0.717) is 19.5 Å². The number of aromatic nitrogens is 4. The minimum absolute atomic E-state index is 0.0104. The molecular weight excluding hydrogens is 432 g/mol. The quantitative estimate of drug-likeness (QED) is 0.331. The van der Waals surface area contributed by atoms with E-state index in [4.69, 9.17) is 9.97 Å². The second-order valence-corrected chi connectivity index (χ2v) is 9.13. The molecule has 3 heterocycles. The van der Waals surface area contributed by atoms with E-state index < -0.39 is 0 Å². The number of thioether (sulfide) groups is 1. The Kier molecular flexibility index (Phi) is 6.44. The number of rotatable bonds is 7. The zero-order valence-electron chi connectivity index (χ0n) is 18.8. The first-order valence-corrected chi connectivity index (χ1v) is 12.7. The number of hydrogen-bond acceptors (Lipinski definition) is 6. The van der Waals surface area contributed by atoms with Crippen LogP contribution in [0.3, 0.4) is 0 Å². The van der Waals surface area contributed by atoms with Gasteiger partial charge < -0.3 is 10.2 Å². The lowest BCUT2D eigenvalue weighted by Gasteiger charge is -2.28. The van der Waals surface area contributed by atoms with Gasteiger partial charge in [0.05, 0.1) is 24.5 Å². The van der Waals surface area contributed by atoms with Gasteiger partial charge in [0, 0.05) is 19.6 Å². The first-order valence-electron chi connectivity index (χ1n) is 11.5. The Morgan fingerprint density at radius 2 is 1.85 bits per heavy atom. The van der Waals surface area contributed by atoms with Crippen LogP contribution in [0.5, 0.6) is 0 Å². The summed E-state index contributed by atoms with van der Waals surface area (Å²) < 4.78 is 1.88. The lowest BCUT2D eigenvalue weighted by molar-refractivity contribution is -0.120. The van der Waals surface area contributed by atoms with Gasteiger partial charge >= 0.3 is 0 Å². The largest absolute Gasteiger partial charge is 0.356 e. The van der Waals surface area contributed by atoms with Crippen LogP contribution in [0.4, 0.5) is 5.82 Å². The fourth-order valence-electron chi connectivity index (χ4n) is 4.51. The van der Waals surface area contributed by atoms with E-state index in [-0.39, 0.29) is 5.91 Å². The van der Waals surface area contributed by atoms with Gasteiger partial charge in [-0.25, -0.2) is 14.6 Å². The molecule has 1 amide bonds. The van der Waals surface area contributed by atoms with Crippen molar-refractivity contribution in [3.05, 3.63) is 54.2 Å². The molecule has 170 valence electrons. The summed E-state index contributed by atoms with van der Waals surface area (Å²) in [7, 11) is 0. The maximum absolute atomic E-state index is 12.6. The van der Waals surface area contributed by atoms with Gasteiger partial charge in [0.1, 0.15) is 5.82 Å². The van der Waals surface area contributed by atoms with E-state index in [0.717, 1.165) is 51.4 Å². The lowest BCUT2D eigenvalue weighted by atomic mass is 10.0. The van der Waals surface area contributed by atoms with Gasteiger partial charge in [-0.05, 0) is 41.9 Å². The van der Waals surface area contributed by atoms with Crippen molar-refractivity contribution in [1.82, 2.24) is 25.1 Å². The van der Waals surface area contributed by atoms with Crippen LogP contribution in [0.15, 0.2) is 53.8 Å². The minimum Gasteiger partial charge on any atom is -0.356 e. The molecule has 0 radical (unpaired) electrons. The first-order chi connectivity index (χ1) is 16.2. The molecule has 0 unspecified atom stereocenters. The van der Waals surface area contributed by atoms with E-state index in [2.05, 4.69) is 33.5 Å². The van der Waals surface area contributed by atoms with Crippen molar-refractivity contribution in [2.45, 2.75) is 37.4 Å². The third-order valence-corrected chi connectivity index (χ3v) is 6.72. The second kappa shape index (κ2) is 9.79. The molecule has 1 aliphatic heterocycles. The number of carbonyl (C=O) groups excluding carboxylic acids is 1. The molecular formula is C25H28N6OS. The Bertz CT molecular complexity index is 1280. The summed E-state index contributed by atoms with van der Waals surface area (Å²) in [6.07, 6.45) is 7.88. The van der Waals surface area contributed by atoms with Crippen LogP contribution in [0.25, 0.3) is 21.8 Å². The predicted molar refractivity (Wildman–Crippen MR) is 134 cm³/mol. The van der Waals surface area contributed by atoms with Gasteiger partial charge in [0.15, 0.2) is 10.8 Å². The molecule has 8 heteroatoms. The van der Waals surface area contributed by atoms with Crippen molar-refractivity contribution >= 4 is 45.3 Å². The first kappa shape index (κ1) is 21.7. The summed E-state index contributed by atoms with van der Waals surface area (Å²) in [5.41, 5.74) is 1.87. The molecule has 0 bridgehead atoms. The average molecular weight is 461 g/mol. The molecule has 7 nitrogen and oxygen atoms in total. The fourth-order valence-corrected chi connectivity index (χ4v) is 4.86. The number of benzene rings is 2. The van der Waals surface area contributed by atoms with Crippen LogP contribution >= 0.6 is 11.8 Å². The summed E-state index contributed by atoms with van der Waals surface area (Å²) in [6.45, 7) is 3.11. The molecule has 2 aromatic heterocycles. The summed E-state index contributed by atoms with van der Waals surface area (Å²) >= 11 is 1.55. The predicted octanol–water partition coefficient (Wildman–Crippen LogP) is 4.05. The van der Waals surface area contributed by atoms with Gasteiger partial charge in [-0.3, -0.25) is 4.79 Å². The molecule has 2 aromatic carbocycles. The fraction of sp³-hybridized carbons (Fsp3) is 0.360. The standard InChI is InChI=1S/C25H28N6OS/c1-33-25-28-23(30-13-5-2-6-14-30)21-17-27-31(24(21)29-25)15-12-26-22(32)16-19-10-7-9-18-8-3-4-11-20(18)19/h3-4,7-11,17H,2,5-6,12-16H2,1H3,(H,26,32). The summed E-state index contributed by atoms with van der Waals surface area (Å²) in [5.74, 6) is 0.992. The molecule has 1 N–H and O–H groups in total. The Balaban J connectivity index is 1.28. The third kappa shape index (κ3) is 4.66. The van der Waals surface area contributed by atoms with Crippen LogP contribution in [0, 0.1) is 0 Å². The highest BCUT2D eigenvalue weighted by Gasteiger charge is 2.19. The van der Waals surface area contributed by atoms with Gasteiger partial charge in [0.25, 0.3) is 0 Å². The number of amides is 1. The van der Waals surface area contributed by atoms with Gasteiger partial charge in [0.2, 0.25) is 5.91 Å². The number of piperidine rings is 1. The normalized spacial score (nSPS) is 14.2. The number of hydrogen-bond donors (Lipinski definition) is 1. The van der Waals surface area contributed by atoms with Crippen LogP contribution in [-0.2, 0) is 17.8 Å². The molecule has 0 saturated carbocycles. The minimum atomic E-state index is 0.0104. The van der Waals surface area contributed by atoms with Gasteiger partial charge in [-0.1, -0.05) is 54.2 Å². The van der Waals surface area contributed by atoms with E-state index in [1.807, 2.05) is 41.4 Å². The van der Waals surface area contributed by atoms with Crippen molar-refractivity contribution in [3.8, 4) is 0 Å². The maximum atomic E-state index is 12.6.